The van der Waals surface area contributed by atoms with E-state index in [2.05, 4.69) is 4.74 Å². The molecular formula is C10H11NO4S. The Kier molecular flexibility index (Phi) is 4.30. The van der Waals surface area contributed by atoms with Gasteiger partial charge in [0.25, 0.3) is 5.69 Å². The van der Waals surface area contributed by atoms with Crippen LogP contribution >= 0.6 is 11.8 Å². The second-order valence-electron chi connectivity index (χ2n) is 2.86. The number of thioether (sulfide) groups is 1. The topological polar surface area (TPSA) is 69.4 Å². The van der Waals surface area contributed by atoms with Crippen molar-refractivity contribution in [2.45, 2.75) is 11.8 Å². The summed E-state index contributed by atoms with van der Waals surface area (Å²) in [6.07, 6.45) is 0. The Morgan fingerprint density at radius 3 is 2.75 bits per heavy atom. The van der Waals surface area contributed by atoms with E-state index in [1.165, 1.54) is 31.0 Å². The lowest BCUT2D eigenvalue weighted by Gasteiger charge is -2.03. The van der Waals surface area contributed by atoms with Crippen molar-refractivity contribution in [2.24, 2.45) is 0 Å². The summed E-state index contributed by atoms with van der Waals surface area (Å²) >= 11 is 1.36. The lowest BCUT2D eigenvalue weighted by Crippen LogP contribution is -2.02. The minimum Gasteiger partial charge on any atom is -0.465 e. The Bertz CT molecular complexity index is 419. The molecule has 6 heteroatoms. The molecular weight excluding hydrogens is 230 g/mol. The number of benzene rings is 1. The summed E-state index contributed by atoms with van der Waals surface area (Å²) in [6, 6.07) is 4.33. The number of esters is 1. The van der Waals surface area contributed by atoms with Crippen molar-refractivity contribution in [2.75, 3.05) is 12.9 Å². The number of hydrogen-bond acceptors (Lipinski definition) is 5. The molecule has 0 amide bonds. The van der Waals surface area contributed by atoms with Gasteiger partial charge in [-0.25, -0.2) is 4.79 Å². The van der Waals surface area contributed by atoms with E-state index in [-0.39, 0.29) is 11.3 Å². The maximum absolute atomic E-state index is 11.2. The monoisotopic (exact) mass is 241 g/mol. The number of nitro benzene ring substituents is 1. The van der Waals surface area contributed by atoms with Crippen molar-refractivity contribution < 1.29 is 14.5 Å². The Balaban J connectivity index is 3.17. The lowest BCUT2D eigenvalue weighted by molar-refractivity contribution is -0.387. The molecule has 0 spiro atoms. The van der Waals surface area contributed by atoms with Gasteiger partial charge in [-0.3, -0.25) is 10.1 Å². The van der Waals surface area contributed by atoms with Gasteiger partial charge >= 0.3 is 5.97 Å². The molecule has 0 aliphatic heterocycles. The largest absolute Gasteiger partial charge is 0.465 e. The standard InChI is InChI=1S/C10H11NO4S/c1-3-16-9-5-4-7(10(12)15-2)6-8(9)11(13)14/h4-6H,3H2,1-2H3. The average molecular weight is 241 g/mol. The molecule has 0 aliphatic rings. The number of hydrogen-bond donors (Lipinski definition) is 0. The second kappa shape index (κ2) is 5.50. The first kappa shape index (κ1) is 12.5. The van der Waals surface area contributed by atoms with Gasteiger partial charge < -0.3 is 4.74 Å². The first-order valence-corrected chi connectivity index (χ1v) is 5.58. The number of nitrogens with zero attached hydrogens (tertiary/aromatic N) is 1. The van der Waals surface area contributed by atoms with Crippen molar-refractivity contribution in [1.82, 2.24) is 0 Å². The molecule has 0 unspecified atom stereocenters. The molecule has 0 saturated heterocycles. The third kappa shape index (κ3) is 2.73. The number of rotatable bonds is 4. The van der Waals surface area contributed by atoms with Crippen LogP contribution in [0.25, 0.3) is 0 Å². The van der Waals surface area contributed by atoms with Gasteiger partial charge in [-0.05, 0) is 17.9 Å². The van der Waals surface area contributed by atoms with Crippen LogP contribution in [-0.2, 0) is 4.74 Å². The molecule has 0 atom stereocenters. The Labute approximate surface area is 96.9 Å². The van der Waals surface area contributed by atoms with E-state index in [1.54, 1.807) is 6.07 Å². The highest BCUT2D eigenvalue weighted by Crippen LogP contribution is 2.29. The molecule has 0 bridgehead atoms. The molecule has 0 aromatic heterocycles. The first-order chi connectivity index (χ1) is 7.60. The molecule has 0 N–H and O–H groups in total. The SMILES string of the molecule is CCSc1ccc(C(=O)OC)cc1[N+](=O)[O-]. The van der Waals surface area contributed by atoms with Gasteiger partial charge in [0.1, 0.15) is 0 Å². The van der Waals surface area contributed by atoms with Gasteiger partial charge in [-0.1, -0.05) is 6.92 Å². The smallest absolute Gasteiger partial charge is 0.338 e. The van der Waals surface area contributed by atoms with Crippen LogP contribution in [0.1, 0.15) is 17.3 Å². The highest BCUT2D eigenvalue weighted by atomic mass is 32.2. The summed E-state index contributed by atoms with van der Waals surface area (Å²) in [4.78, 5) is 22.1. The number of ether oxygens (including phenoxy) is 1. The number of carbonyl (C=O) groups excluding carboxylic acids is 1. The summed E-state index contributed by atoms with van der Waals surface area (Å²) < 4.78 is 4.50. The summed E-state index contributed by atoms with van der Waals surface area (Å²) in [5.74, 6) is 0.162. The second-order valence-corrected chi connectivity index (χ2v) is 4.17. The fraction of sp³-hybridized carbons (Fsp3) is 0.300. The zero-order chi connectivity index (χ0) is 12.1. The third-order valence-corrected chi connectivity index (χ3v) is 2.82. The Hall–Kier alpha value is -1.56. The summed E-state index contributed by atoms with van der Waals surface area (Å²) in [5, 5.41) is 10.8. The van der Waals surface area contributed by atoms with Crippen molar-refractivity contribution >= 4 is 23.4 Å². The lowest BCUT2D eigenvalue weighted by atomic mass is 10.2. The minimum atomic E-state index is -0.573. The van der Waals surface area contributed by atoms with Crippen LogP contribution in [0.3, 0.4) is 0 Å². The summed E-state index contributed by atoms with van der Waals surface area (Å²) in [7, 11) is 1.24. The average Bonchev–Trinajstić information content (AvgIpc) is 2.28. The fourth-order valence-corrected chi connectivity index (χ4v) is 1.94. The quantitative estimate of drug-likeness (QED) is 0.350. The molecule has 1 rings (SSSR count). The van der Waals surface area contributed by atoms with Crippen molar-refractivity contribution in [3.05, 3.63) is 33.9 Å². The van der Waals surface area contributed by atoms with Crippen molar-refractivity contribution in [3.63, 3.8) is 0 Å². The molecule has 16 heavy (non-hydrogen) atoms. The van der Waals surface area contributed by atoms with Crippen molar-refractivity contribution in [3.8, 4) is 0 Å². The molecule has 0 saturated carbocycles. The molecule has 86 valence electrons. The zero-order valence-electron chi connectivity index (χ0n) is 8.93. The third-order valence-electron chi connectivity index (χ3n) is 1.88. The van der Waals surface area contributed by atoms with E-state index in [1.807, 2.05) is 6.92 Å². The highest BCUT2D eigenvalue weighted by molar-refractivity contribution is 7.99. The normalized spacial score (nSPS) is 9.88. The van der Waals surface area contributed by atoms with Gasteiger partial charge in [0.2, 0.25) is 0 Å². The van der Waals surface area contributed by atoms with Crippen molar-refractivity contribution in [1.29, 1.82) is 0 Å². The molecule has 1 aromatic rings. The predicted octanol–water partition coefficient (Wildman–Crippen LogP) is 2.49. The molecule has 1 aromatic carbocycles. The molecule has 0 aliphatic carbocycles. The Morgan fingerprint density at radius 1 is 1.56 bits per heavy atom. The predicted molar refractivity (Wildman–Crippen MR) is 60.8 cm³/mol. The van der Waals surface area contributed by atoms with Crippen LogP contribution in [0, 0.1) is 10.1 Å². The molecule has 5 nitrogen and oxygen atoms in total. The van der Waals surface area contributed by atoms with Gasteiger partial charge in [-0.2, -0.15) is 0 Å². The van der Waals surface area contributed by atoms with Gasteiger partial charge in [0, 0.05) is 6.07 Å². The van der Waals surface area contributed by atoms with Crippen LogP contribution in [0.2, 0.25) is 0 Å². The van der Waals surface area contributed by atoms with E-state index in [0.29, 0.717) is 4.90 Å². The minimum absolute atomic E-state index is 0.0604. The van der Waals surface area contributed by atoms with Gasteiger partial charge in [-0.15, -0.1) is 11.8 Å². The van der Waals surface area contributed by atoms with E-state index in [0.717, 1.165) is 5.75 Å². The summed E-state index contributed by atoms with van der Waals surface area (Å²) in [5.41, 5.74) is 0.129. The van der Waals surface area contributed by atoms with Crippen LogP contribution in [0.4, 0.5) is 5.69 Å². The van der Waals surface area contributed by atoms with E-state index in [9.17, 15) is 14.9 Å². The first-order valence-electron chi connectivity index (χ1n) is 4.59. The zero-order valence-corrected chi connectivity index (χ0v) is 9.74. The molecule has 0 fully saturated rings. The van der Waals surface area contributed by atoms with Gasteiger partial charge in [0.05, 0.1) is 22.5 Å². The molecule has 0 heterocycles. The molecule has 0 radical (unpaired) electrons. The summed E-state index contributed by atoms with van der Waals surface area (Å²) in [6.45, 7) is 1.91. The number of methoxy groups -OCH3 is 1. The van der Waals surface area contributed by atoms with E-state index in [4.69, 9.17) is 0 Å². The van der Waals surface area contributed by atoms with Crippen LogP contribution in [0.5, 0.6) is 0 Å². The number of carbonyl (C=O) groups is 1. The van der Waals surface area contributed by atoms with Crippen LogP contribution in [-0.4, -0.2) is 23.8 Å². The number of nitro groups is 1. The van der Waals surface area contributed by atoms with E-state index < -0.39 is 10.9 Å². The van der Waals surface area contributed by atoms with Gasteiger partial charge in [0.15, 0.2) is 0 Å². The van der Waals surface area contributed by atoms with Crippen LogP contribution in [0.15, 0.2) is 23.1 Å². The van der Waals surface area contributed by atoms with Crippen LogP contribution < -0.4 is 0 Å². The Morgan fingerprint density at radius 2 is 2.25 bits per heavy atom. The highest BCUT2D eigenvalue weighted by Gasteiger charge is 2.17. The fourth-order valence-electron chi connectivity index (χ4n) is 1.18. The van der Waals surface area contributed by atoms with E-state index >= 15 is 0 Å². The maximum Gasteiger partial charge on any atom is 0.338 e. The maximum atomic E-state index is 11.2.